The topological polar surface area (TPSA) is 256 Å². The third kappa shape index (κ3) is 12.9. The predicted molar refractivity (Wildman–Crippen MR) is 285 cm³/mol. The summed E-state index contributed by atoms with van der Waals surface area (Å²) in [5.74, 6) is -0.456. The largest absolute Gasteiger partial charge is 0.507 e. The Morgan fingerprint density at radius 3 is 1.62 bits per heavy atom. The van der Waals surface area contributed by atoms with E-state index in [0.29, 0.717) is 67.2 Å². The van der Waals surface area contributed by atoms with Crippen LogP contribution in [0, 0.1) is 0 Å². The molecule has 0 bridgehead atoms. The normalized spacial score (nSPS) is 13.5. The molecule has 10 rings (SSSR count). The van der Waals surface area contributed by atoms with Crippen LogP contribution >= 0.6 is 0 Å². The first-order valence-electron chi connectivity index (χ1n) is 25.8. The summed E-state index contributed by atoms with van der Waals surface area (Å²) < 4.78 is 40.4. The monoisotopic (exact) mass is 1060 g/mol. The second-order valence-electron chi connectivity index (χ2n) is 19.3. The average Bonchev–Trinajstić information content (AvgIpc) is 4.30. The number of rotatable bonds is 20. The number of phenolic OH excluding ortho intramolecular Hbond substituents is 2. The lowest BCUT2D eigenvalue weighted by Crippen LogP contribution is -2.11. The van der Waals surface area contributed by atoms with Crippen molar-refractivity contribution in [2.45, 2.75) is 102 Å². The van der Waals surface area contributed by atoms with Gasteiger partial charge in [0.15, 0.2) is 22.7 Å². The highest BCUT2D eigenvalue weighted by molar-refractivity contribution is 6.11. The van der Waals surface area contributed by atoms with Gasteiger partial charge in [0.25, 0.3) is 11.1 Å². The van der Waals surface area contributed by atoms with Gasteiger partial charge in [-0.2, -0.15) is 9.90 Å². The number of fused-ring (bicyclic) bond motifs is 2. The van der Waals surface area contributed by atoms with Gasteiger partial charge in [0.1, 0.15) is 47.7 Å². The van der Waals surface area contributed by atoms with Gasteiger partial charge >= 0.3 is 11.9 Å². The summed E-state index contributed by atoms with van der Waals surface area (Å²) in [6.07, 6.45) is 9.10. The number of carboxylic acids is 1. The Hall–Kier alpha value is -9.06. The van der Waals surface area contributed by atoms with E-state index in [0.717, 1.165) is 62.5 Å². The number of ether oxygens (including phenoxy) is 5. The number of nitrogens with one attached hydrogen (secondary N) is 1. The molecule has 78 heavy (non-hydrogen) atoms. The first-order chi connectivity index (χ1) is 37.7. The number of carbonyl (C=O) groups excluding carboxylic acids is 3. The Morgan fingerprint density at radius 2 is 1.12 bits per heavy atom. The molecule has 18 heteroatoms. The number of phenols is 2. The van der Waals surface area contributed by atoms with Crippen LogP contribution in [0.4, 0.5) is 0 Å². The van der Waals surface area contributed by atoms with E-state index >= 15 is 0 Å². The number of aryl methyl sites for hydroxylation is 3. The number of benzene rings is 6. The fraction of sp³-hybridized carbons (Fsp3) is 0.300. The minimum atomic E-state index is -0.976. The van der Waals surface area contributed by atoms with Crippen molar-refractivity contribution in [3.63, 3.8) is 0 Å². The van der Waals surface area contributed by atoms with Crippen molar-refractivity contribution in [1.29, 1.82) is 0 Å². The quantitative estimate of drug-likeness (QED) is 0.0409. The zero-order valence-electron chi connectivity index (χ0n) is 43.0. The second-order valence-corrected chi connectivity index (χ2v) is 19.3. The molecule has 6 aromatic carbocycles. The minimum absolute atomic E-state index is 0.101. The average molecular weight is 1060 g/mol. The summed E-state index contributed by atoms with van der Waals surface area (Å²) >= 11 is 0. The summed E-state index contributed by atoms with van der Waals surface area (Å²) in [5.41, 5.74) is 3.99. The molecule has 0 atom stereocenters. The number of esters is 1. The van der Waals surface area contributed by atoms with Crippen LogP contribution in [0.5, 0.6) is 34.5 Å². The molecule has 2 aliphatic carbocycles. The van der Waals surface area contributed by atoms with Gasteiger partial charge < -0.3 is 48.1 Å². The summed E-state index contributed by atoms with van der Waals surface area (Å²) in [7, 11) is 2.87. The molecule has 2 aliphatic rings. The first-order valence-corrected chi connectivity index (χ1v) is 25.8. The number of carboxylic acid groups (broad SMARTS) is 1. The Morgan fingerprint density at radius 1 is 0.615 bits per heavy atom. The second kappa shape index (κ2) is 24.3. The van der Waals surface area contributed by atoms with Crippen molar-refractivity contribution >= 4 is 45.4 Å². The van der Waals surface area contributed by atoms with E-state index in [-0.39, 0.29) is 96.6 Å². The van der Waals surface area contributed by atoms with Crippen LogP contribution < -0.4 is 30.1 Å². The molecule has 2 saturated carbocycles. The zero-order valence-corrected chi connectivity index (χ0v) is 43.0. The van der Waals surface area contributed by atoms with Crippen molar-refractivity contribution in [1.82, 2.24) is 9.90 Å². The number of H-pyrrole nitrogens is 1. The number of nitrogens with zero attached hydrogens (tertiary/aromatic N) is 1. The van der Waals surface area contributed by atoms with Crippen LogP contribution in [0.1, 0.15) is 118 Å². The van der Waals surface area contributed by atoms with Crippen LogP contribution in [0.2, 0.25) is 0 Å². The molecule has 0 radical (unpaired) electrons. The summed E-state index contributed by atoms with van der Waals surface area (Å²) in [6.45, 7) is 0.317. The van der Waals surface area contributed by atoms with Crippen molar-refractivity contribution in [3.8, 4) is 34.5 Å². The highest BCUT2D eigenvalue weighted by Gasteiger charge is 2.23. The molecule has 0 saturated heterocycles. The Bertz CT molecular complexity index is 3630. The third-order valence-electron chi connectivity index (χ3n) is 13.8. The number of hydrogen-bond donors (Lipinski definition) is 4. The number of aromatic amines is 1. The molecule has 18 nitrogen and oxygen atoms in total. The molecule has 2 aromatic heterocycles. The SMILES string of the molecule is COC(=O)CCc1cc(C(=O)c2ccc(OC3CCCC3)cc2O)ccc1OCc1ccc2c(=O)n(C)oc2c1.O=C(O)CCc1cc(C(=O)c2ccc(OC3CCCC3)cc2O)ccc1OCc1ccc2c(=O)[nH]oc2c1. The van der Waals surface area contributed by atoms with E-state index in [4.69, 9.17) is 32.7 Å². The molecular formula is C60H58N2O16. The van der Waals surface area contributed by atoms with Gasteiger partial charge in [-0.15, -0.1) is 0 Å². The van der Waals surface area contributed by atoms with E-state index < -0.39 is 11.8 Å². The maximum Gasteiger partial charge on any atom is 0.305 e. The molecule has 404 valence electrons. The lowest BCUT2D eigenvalue weighted by Gasteiger charge is -2.15. The predicted octanol–water partition coefficient (Wildman–Crippen LogP) is 10.0. The Balaban J connectivity index is 0.000000190. The third-order valence-corrected chi connectivity index (χ3v) is 13.8. The summed E-state index contributed by atoms with van der Waals surface area (Å²) in [4.78, 5) is 73.4. The summed E-state index contributed by atoms with van der Waals surface area (Å²) in [6, 6.07) is 29.5. The van der Waals surface area contributed by atoms with Gasteiger partial charge in [0.05, 0.1) is 41.2 Å². The van der Waals surface area contributed by atoms with Crippen LogP contribution in [-0.4, -0.2) is 68.0 Å². The van der Waals surface area contributed by atoms with Crippen LogP contribution in [0.3, 0.4) is 0 Å². The Kier molecular flexibility index (Phi) is 16.7. The van der Waals surface area contributed by atoms with E-state index in [1.54, 1.807) is 104 Å². The number of carbonyl (C=O) groups is 4. The van der Waals surface area contributed by atoms with E-state index in [1.807, 2.05) is 0 Å². The summed E-state index contributed by atoms with van der Waals surface area (Å²) in [5, 5.41) is 33.6. The lowest BCUT2D eigenvalue weighted by molar-refractivity contribution is -0.140. The number of aliphatic carboxylic acids is 1. The van der Waals surface area contributed by atoms with Gasteiger partial charge in [-0.1, -0.05) is 12.1 Å². The van der Waals surface area contributed by atoms with Gasteiger partial charge in [-0.25, -0.2) is 0 Å². The number of aromatic nitrogens is 2. The van der Waals surface area contributed by atoms with Crippen molar-refractivity contribution in [2.24, 2.45) is 7.05 Å². The lowest BCUT2D eigenvalue weighted by atomic mass is 9.98. The van der Waals surface area contributed by atoms with E-state index in [2.05, 4.69) is 5.16 Å². The smallest absolute Gasteiger partial charge is 0.305 e. The molecular weight excluding hydrogens is 1000 g/mol. The van der Waals surface area contributed by atoms with Gasteiger partial charge in [-0.05, 0) is 171 Å². The van der Waals surface area contributed by atoms with Gasteiger partial charge in [0, 0.05) is 43.1 Å². The molecule has 2 heterocycles. The minimum Gasteiger partial charge on any atom is -0.507 e. The molecule has 0 amide bonds. The standard InChI is InChI=1S/C31H31NO8.C29H27NO8/c1-32-31(36)25-11-7-19(15-28(25)40-32)18-38-27-13-8-21(16-20(27)9-14-29(34)37-2)30(35)24-12-10-23(17-26(24)33)39-22-5-3-4-6-22;31-24-15-21(37-20-3-1-2-4-20)8-10-22(24)28(34)19-6-11-25(18(14-19)7-12-27(32)33)36-16-17-5-9-23-26(13-17)38-30-29(23)35/h7-8,10-13,15-17,22,33H,3-6,9,14,18H2,1-2H3;5-6,8-11,13-15,20,31H,1-4,7,12,16H2,(H,30,35)(H,32,33). The fourth-order valence-electron chi connectivity index (χ4n) is 9.63. The van der Waals surface area contributed by atoms with Crippen molar-refractivity contribution < 1.29 is 67.2 Å². The van der Waals surface area contributed by atoms with Crippen LogP contribution in [0.25, 0.3) is 21.9 Å². The van der Waals surface area contributed by atoms with Gasteiger partial charge in [-0.3, -0.25) is 28.8 Å². The molecule has 0 spiro atoms. The van der Waals surface area contributed by atoms with E-state index in [1.165, 1.54) is 24.0 Å². The van der Waals surface area contributed by atoms with Crippen molar-refractivity contribution in [3.05, 3.63) is 174 Å². The maximum absolute atomic E-state index is 13.3. The molecule has 0 aliphatic heterocycles. The molecule has 8 aromatic rings. The number of aromatic hydroxyl groups is 2. The van der Waals surface area contributed by atoms with Crippen LogP contribution in [0.15, 0.2) is 128 Å². The van der Waals surface area contributed by atoms with E-state index in [9.17, 15) is 44.1 Å². The number of ketones is 2. The molecule has 4 N–H and O–H groups in total. The van der Waals surface area contributed by atoms with Gasteiger partial charge in [0.2, 0.25) is 0 Å². The number of methoxy groups -OCH3 is 1. The highest BCUT2D eigenvalue weighted by Crippen LogP contribution is 2.34. The van der Waals surface area contributed by atoms with Crippen LogP contribution in [-0.2, 0) is 47.4 Å². The highest BCUT2D eigenvalue weighted by atomic mass is 16.5. The maximum atomic E-state index is 13.3. The molecule has 0 unspecified atom stereocenters. The first kappa shape index (κ1) is 53.8. The number of hydrogen-bond acceptors (Lipinski definition) is 15. The van der Waals surface area contributed by atoms with Crippen molar-refractivity contribution in [2.75, 3.05) is 7.11 Å². The Labute approximate surface area is 446 Å². The molecule has 2 fully saturated rings. The fourth-order valence-corrected chi connectivity index (χ4v) is 9.63. The zero-order chi connectivity index (χ0) is 54.9.